The zero-order chi connectivity index (χ0) is 22.8. The minimum atomic E-state index is -4.56. The van der Waals surface area contributed by atoms with Crippen molar-refractivity contribution in [1.29, 1.82) is 0 Å². The van der Waals surface area contributed by atoms with Gasteiger partial charge < -0.3 is 19.9 Å². The zero-order valence-corrected chi connectivity index (χ0v) is 18.4. The summed E-state index contributed by atoms with van der Waals surface area (Å²) in [6, 6.07) is 1.05. The molecule has 2 aromatic heterocycles. The molecule has 0 radical (unpaired) electrons. The van der Waals surface area contributed by atoms with Crippen LogP contribution in [0.1, 0.15) is 36.7 Å². The van der Waals surface area contributed by atoms with E-state index >= 15 is 0 Å². The number of carbonyl (C=O) groups is 2. The van der Waals surface area contributed by atoms with Gasteiger partial charge in [0.05, 0.1) is 21.3 Å². The van der Waals surface area contributed by atoms with Gasteiger partial charge >= 0.3 is 12.3 Å². The average Bonchev–Trinajstić information content (AvgIpc) is 2.99. The predicted octanol–water partition coefficient (Wildman–Crippen LogP) is 3.73. The molecule has 1 N–H and O–H groups in total. The highest BCUT2D eigenvalue weighted by Gasteiger charge is 2.54. The lowest BCUT2D eigenvalue weighted by molar-refractivity contribution is -0.136. The van der Waals surface area contributed by atoms with Crippen molar-refractivity contribution in [2.45, 2.75) is 32.5 Å². The van der Waals surface area contributed by atoms with Crippen LogP contribution in [-0.2, 0) is 10.9 Å². The maximum atomic E-state index is 13.7. The molecule has 4 heterocycles. The Hall–Kier alpha value is -2.56. The smallest absolute Gasteiger partial charge is 0.417 e. The van der Waals surface area contributed by atoms with Crippen molar-refractivity contribution < 1.29 is 27.5 Å². The third kappa shape index (κ3) is 3.90. The van der Waals surface area contributed by atoms with E-state index in [4.69, 9.17) is 4.74 Å². The van der Waals surface area contributed by atoms with Gasteiger partial charge in [-0.1, -0.05) is 0 Å². The second-order valence-corrected chi connectivity index (χ2v) is 10.0. The molecule has 0 bridgehead atoms. The Morgan fingerprint density at radius 3 is 2.39 bits per heavy atom. The van der Waals surface area contributed by atoms with E-state index < -0.39 is 23.2 Å². The first kappa shape index (κ1) is 21.7. The maximum Gasteiger partial charge on any atom is 0.417 e. The second-order valence-electron chi connectivity index (χ2n) is 9.12. The van der Waals surface area contributed by atoms with Gasteiger partial charge in [-0.2, -0.15) is 13.2 Å². The molecule has 4 rings (SSSR count). The molecule has 2 saturated heterocycles. The summed E-state index contributed by atoms with van der Waals surface area (Å²) in [7, 11) is 1.42. The molecule has 1 spiro atoms. The fourth-order valence-corrected chi connectivity index (χ4v) is 5.03. The number of pyridine rings is 1. The number of halogens is 3. The number of ether oxygens (including phenoxy) is 1. The zero-order valence-electron chi connectivity index (χ0n) is 17.6. The van der Waals surface area contributed by atoms with Gasteiger partial charge in [0.2, 0.25) is 0 Å². The van der Waals surface area contributed by atoms with Gasteiger partial charge in [-0.25, -0.2) is 9.78 Å². The van der Waals surface area contributed by atoms with Crippen molar-refractivity contribution in [1.82, 2.24) is 15.2 Å². The topological polar surface area (TPSA) is 74.8 Å². The highest BCUT2D eigenvalue weighted by molar-refractivity contribution is 7.17. The number of thiophene rings is 1. The number of aromatic nitrogens is 1. The van der Waals surface area contributed by atoms with Crippen molar-refractivity contribution in [3.63, 3.8) is 0 Å². The molecule has 31 heavy (non-hydrogen) atoms. The largest absolute Gasteiger partial charge is 0.444 e. The van der Waals surface area contributed by atoms with Crippen LogP contribution in [-0.4, -0.2) is 60.7 Å². The molecule has 2 aromatic rings. The highest BCUT2D eigenvalue weighted by atomic mass is 32.1. The van der Waals surface area contributed by atoms with Gasteiger partial charge in [-0.15, -0.1) is 11.3 Å². The molecule has 0 atom stereocenters. The van der Waals surface area contributed by atoms with Crippen LogP contribution < -0.4 is 10.2 Å². The van der Waals surface area contributed by atoms with E-state index in [0.29, 0.717) is 26.2 Å². The van der Waals surface area contributed by atoms with Crippen LogP contribution in [0.5, 0.6) is 0 Å². The first-order chi connectivity index (χ1) is 14.3. The summed E-state index contributed by atoms with van der Waals surface area (Å²) < 4.78 is 46.3. The van der Waals surface area contributed by atoms with E-state index in [9.17, 15) is 22.8 Å². The van der Waals surface area contributed by atoms with Crippen LogP contribution in [0.3, 0.4) is 0 Å². The van der Waals surface area contributed by atoms with Crippen LogP contribution in [0.4, 0.5) is 23.8 Å². The number of anilines is 1. The van der Waals surface area contributed by atoms with Gasteiger partial charge in [0, 0.05) is 44.0 Å². The number of hydrogen-bond acceptors (Lipinski definition) is 6. The SMILES string of the molecule is CNC(=O)c1csc2c(C(F)(F)F)cc(N3CC4(CN(C(=O)OC(C)(C)C)C4)C3)nc12. The van der Waals surface area contributed by atoms with Crippen LogP contribution in [0.25, 0.3) is 10.2 Å². The minimum Gasteiger partial charge on any atom is -0.444 e. The lowest BCUT2D eigenvalue weighted by atomic mass is 9.73. The number of nitrogens with zero attached hydrogens (tertiary/aromatic N) is 3. The van der Waals surface area contributed by atoms with Gasteiger partial charge in [0.25, 0.3) is 5.91 Å². The first-order valence-corrected chi connectivity index (χ1v) is 10.6. The van der Waals surface area contributed by atoms with Crippen molar-refractivity contribution in [2.24, 2.45) is 5.41 Å². The summed E-state index contributed by atoms with van der Waals surface area (Å²) >= 11 is 0.861. The Morgan fingerprint density at radius 2 is 1.84 bits per heavy atom. The molecule has 0 unspecified atom stereocenters. The number of fused-ring (bicyclic) bond motifs is 1. The summed E-state index contributed by atoms with van der Waals surface area (Å²) in [5, 5.41) is 3.84. The lowest BCUT2D eigenvalue weighted by Crippen LogP contribution is -2.73. The Morgan fingerprint density at radius 1 is 1.19 bits per heavy atom. The molecular weight excluding hydrogens is 433 g/mol. The van der Waals surface area contributed by atoms with Gasteiger partial charge in [-0.3, -0.25) is 4.79 Å². The Labute approximate surface area is 181 Å². The van der Waals surface area contributed by atoms with Crippen molar-refractivity contribution in [3.8, 4) is 0 Å². The third-order valence-corrected chi connectivity index (χ3v) is 6.37. The lowest BCUT2D eigenvalue weighted by Gasteiger charge is -2.60. The Balaban J connectivity index is 1.54. The van der Waals surface area contributed by atoms with Crippen LogP contribution in [0.15, 0.2) is 11.4 Å². The standard InChI is InChI=1S/C20H23F3N4O3S/c1-18(2,3)30-17(29)27-9-19(10-27)7-26(8-19)13-5-12(20(21,22)23)15-14(25-13)11(6-31-15)16(28)24-4/h5-6H,7-10H2,1-4H3,(H,24,28). The van der Waals surface area contributed by atoms with E-state index in [1.54, 1.807) is 30.6 Å². The van der Waals surface area contributed by atoms with Crippen LogP contribution in [0, 0.1) is 5.41 Å². The molecule has 0 aliphatic carbocycles. The molecule has 2 aliphatic heterocycles. The minimum absolute atomic E-state index is 0.0511. The van der Waals surface area contributed by atoms with Crippen LogP contribution >= 0.6 is 11.3 Å². The monoisotopic (exact) mass is 456 g/mol. The molecular formula is C20H23F3N4O3S. The summed E-state index contributed by atoms with van der Waals surface area (Å²) in [6.45, 7) is 7.35. The number of amides is 2. The third-order valence-electron chi connectivity index (χ3n) is 5.37. The molecule has 2 amide bonds. The average molecular weight is 456 g/mol. The molecule has 2 fully saturated rings. The van der Waals surface area contributed by atoms with Crippen molar-refractivity contribution >= 4 is 39.4 Å². The Bertz CT molecular complexity index is 1050. The quantitative estimate of drug-likeness (QED) is 0.746. The summed E-state index contributed by atoms with van der Waals surface area (Å²) in [5.41, 5.74) is -1.35. The van der Waals surface area contributed by atoms with E-state index in [0.717, 1.165) is 17.4 Å². The molecule has 168 valence electrons. The number of nitrogens with one attached hydrogen (secondary N) is 1. The number of rotatable bonds is 2. The Kier molecular flexibility index (Phi) is 4.87. The van der Waals surface area contributed by atoms with E-state index in [1.165, 1.54) is 12.4 Å². The van der Waals surface area contributed by atoms with Crippen molar-refractivity contribution in [2.75, 3.05) is 38.1 Å². The normalized spacial score (nSPS) is 18.0. The number of hydrogen-bond donors (Lipinski definition) is 1. The van der Waals surface area contributed by atoms with E-state index in [1.807, 2.05) is 0 Å². The summed E-state index contributed by atoms with van der Waals surface area (Å²) in [4.78, 5) is 32.0. The molecule has 2 aliphatic rings. The first-order valence-electron chi connectivity index (χ1n) is 9.76. The van der Waals surface area contributed by atoms with Gasteiger partial charge in [0.15, 0.2) is 0 Å². The predicted molar refractivity (Wildman–Crippen MR) is 110 cm³/mol. The van der Waals surface area contributed by atoms with Gasteiger partial charge in [0.1, 0.15) is 11.4 Å². The number of alkyl halides is 3. The van der Waals surface area contributed by atoms with Gasteiger partial charge in [-0.05, 0) is 26.8 Å². The second kappa shape index (κ2) is 6.98. The van der Waals surface area contributed by atoms with Crippen LogP contribution in [0.2, 0.25) is 0 Å². The molecule has 11 heteroatoms. The van der Waals surface area contributed by atoms with E-state index in [-0.39, 0.29) is 33.1 Å². The summed E-state index contributed by atoms with van der Waals surface area (Å²) in [6.07, 6.45) is -4.95. The fraction of sp³-hybridized carbons (Fsp3) is 0.550. The molecule has 0 aromatic carbocycles. The molecule has 0 saturated carbocycles. The number of likely N-dealkylation sites (tertiary alicyclic amines) is 1. The van der Waals surface area contributed by atoms with E-state index in [2.05, 4.69) is 10.3 Å². The highest BCUT2D eigenvalue weighted by Crippen LogP contribution is 2.45. The summed E-state index contributed by atoms with van der Waals surface area (Å²) in [5.74, 6) is -0.291. The van der Waals surface area contributed by atoms with Crippen molar-refractivity contribution in [3.05, 3.63) is 22.6 Å². The number of carbonyl (C=O) groups excluding carboxylic acids is 2. The fourth-order valence-electron chi connectivity index (χ4n) is 4.01. The molecule has 7 nitrogen and oxygen atoms in total. The maximum absolute atomic E-state index is 13.7.